The topological polar surface area (TPSA) is 3.24 Å². The van der Waals surface area contributed by atoms with Gasteiger partial charge >= 0.3 is 0 Å². The lowest BCUT2D eigenvalue weighted by Gasteiger charge is -2.25. The van der Waals surface area contributed by atoms with E-state index in [9.17, 15) is 0 Å². The molecule has 1 aliphatic carbocycles. The van der Waals surface area contributed by atoms with Crippen molar-refractivity contribution in [3.8, 4) is 0 Å². The van der Waals surface area contributed by atoms with Gasteiger partial charge in [-0.1, -0.05) is 64.6 Å². The Kier molecular flexibility index (Phi) is 4.73. The lowest BCUT2D eigenvalue weighted by Crippen LogP contribution is -2.14. The van der Waals surface area contributed by atoms with Gasteiger partial charge in [-0.05, 0) is 18.1 Å². The van der Waals surface area contributed by atoms with Crippen LogP contribution in [0.1, 0.15) is 17.9 Å². The minimum Gasteiger partial charge on any atom is -0.376 e. The number of para-hydroxylation sites is 1. The van der Waals surface area contributed by atoms with E-state index in [1.165, 1.54) is 0 Å². The monoisotopic (exact) mass is 335 g/mol. The van der Waals surface area contributed by atoms with Crippen LogP contribution in [0.15, 0.2) is 39.4 Å². The van der Waals surface area contributed by atoms with Crippen LogP contribution < -0.4 is 4.90 Å². The summed E-state index contributed by atoms with van der Waals surface area (Å²) in [7, 11) is 3.92. The van der Waals surface area contributed by atoms with Crippen molar-refractivity contribution in [3.05, 3.63) is 50.0 Å². The minimum absolute atomic E-state index is 0.0820. The van der Waals surface area contributed by atoms with Crippen LogP contribution in [-0.2, 0) is 0 Å². The van der Waals surface area contributed by atoms with Crippen molar-refractivity contribution in [2.45, 2.75) is 12.3 Å². The summed E-state index contributed by atoms with van der Waals surface area (Å²) in [6, 6.07) is 5.84. The van der Waals surface area contributed by atoms with E-state index in [0.717, 1.165) is 11.3 Å². The average molecular weight is 337 g/mol. The van der Waals surface area contributed by atoms with Crippen LogP contribution in [0.25, 0.3) is 0 Å². The maximum Gasteiger partial charge on any atom is 0.0734 e. The third-order valence-electron chi connectivity index (χ3n) is 3.06. The standard InChI is InChI=1S/C14H13Cl4N/c1-19(2)14-9(4-3-5-10(14)15)8-6-11(16)13(18)12(17)7-8/h3-6,8H,7H2,1-2H3. The van der Waals surface area contributed by atoms with Gasteiger partial charge in [0.2, 0.25) is 0 Å². The maximum atomic E-state index is 6.28. The molecule has 0 saturated heterocycles. The fourth-order valence-electron chi connectivity index (χ4n) is 2.22. The van der Waals surface area contributed by atoms with E-state index in [-0.39, 0.29) is 5.92 Å². The number of benzene rings is 1. The van der Waals surface area contributed by atoms with Gasteiger partial charge in [0, 0.05) is 25.0 Å². The Labute approximate surface area is 133 Å². The molecule has 0 fully saturated rings. The van der Waals surface area contributed by atoms with E-state index >= 15 is 0 Å². The van der Waals surface area contributed by atoms with E-state index < -0.39 is 0 Å². The number of hydrogen-bond acceptors (Lipinski definition) is 1. The van der Waals surface area contributed by atoms with Crippen molar-refractivity contribution in [1.29, 1.82) is 0 Å². The van der Waals surface area contributed by atoms with Gasteiger partial charge in [-0.3, -0.25) is 0 Å². The molecular formula is C14H13Cl4N. The molecule has 0 aromatic heterocycles. The average Bonchev–Trinajstić information content (AvgIpc) is 2.34. The van der Waals surface area contributed by atoms with E-state index in [0.29, 0.717) is 26.5 Å². The van der Waals surface area contributed by atoms with E-state index in [1.807, 2.05) is 43.3 Å². The molecule has 0 N–H and O–H groups in total. The van der Waals surface area contributed by atoms with Crippen LogP contribution in [-0.4, -0.2) is 14.1 Å². The molecule has 1 unspecified atom stereocenters. The zero-order chi connectivity index (χ0) is 14.2. The number of anilines is 1. The fraction of sp³-hybridized carbons (Fsp3) is 0.286. The maximum absolute atomic E-state index is 6.28. The van der Waals surface area contributed by atoms with Gasteiger partial charge in [-0.2, -0.15) is 0 Å². The molecule has 0 heterocycles. The van der Waals surface area contributed by atoms with Crippen LogP contribution in [0.5, 0.6) is 0 Å². The first-order valence-electron chi connectivity index (χ1n) is 5.79. The predicted octanol–water partition coefficient (Wildman–Crippen LogP) is 5.71. The summed E-state index contributed by atoms with van der Waals surface area (Å²) < 4.78 is 0. The second-order valence-corrected chi connectivity index (χ2v) is 6.26. The van der Waals surface area contributed by atoms with Crippen LogP contribution in [0.2, 0.25) is 5.02 Å². The molecule has 0 amide bonds. The molecule has 0 spiro atoms. The molecule has 1 aromatic carbocycles. The summed E-state index contributed by atoms with van der Waals surface area (Å²) in [5.41, 5.74) is 2.08. The van der Waals surface area contributed by atoms with Crippen molar-refractivity contribution in [1.82, 2.24) is 0 Å². The number of allylic oxidation sites excluding steroid dienone is 4. The minimum atomic E-state index is 0.0820. The third-order valence-corrected chi connectivity index (χ3v) is 4.65. The number of nitrogens with zero attached hydrogens (tertiary/aromatic N) is 1. The Hall–Kier alpha value is -0.340. The van der Waals surface area contributed by atoms with E-state index in [4.69, 9.17) is 46.4 Å². The van der Waals surface area contributed by atoms with Crippen molar-refractivity contribution < 1.29 is 0 Å². The van der Waals surface area contributed by atoms with E-state index in [2.05, 4.69) is 0 Å². The zero-order valence-electron chi connectivity index (χ0n) is 10.6. The Balaban J connectivity index is 2.48. The van der Waals surface area contributed by atoms with Crippen LogP contribution >= 0.6 is 46.4 Å². The van der Waals surface area contributed by atoms with Crippen LogP contribution in [0.3, 0.4) is 0 Å². The first-order valence-corrected chi connectivity index (χ1v) is 7.30. The highest BCUT2D eigenvalue weighted by atomic mass is 35.5. The van der Waals surface area contributed by atoms with E-state index in [1.54, 1.807) is 0 Å². The smallest absolute Gasteiger partial charge is 0.0734 e. The fourth-order valence-corrected chi connectivity index (χ4v) is 3.30. The van der Waals surface area contributed by atoms with Gasteiger partial charge in [0.05, 0.1) is 20.8 Å². The molecule has 5 heteroatoms. The Bertz CT molecular complexity index is 561. The second-order valence-electron chi connectivity index (χ2n) is 4.62. The predicted molar refractivity (Wildman–Crippen MR) is 85.8 cm³/mol. The Morgan fingerprint density at radius 1 is 1.11 bits per heavy atom. The molecule has 1 aromatic rings. The second kappa shape index (κ2) is 5.97. The van der Waals surface area contributed by atoms with Crippen LogP contribution in [0, 0.1) is 0 Å². The summed E-state index contributed by atoms with van der Waals surface area (Å²) in [5, 5.41) is 2.23. The molecule has 102 valence electrons. The number of rotatable bonds is 2. The van der Waals surface area contributed by atoms with Gasteiger partial charge in [0.1, 0.15) is 0 Å². The molecule has 1 nitrogen and oxygen atoms in total. The molecule has 2 rings (SSSR count). The molecule has 0 bridgehead atoms. The molecule has 0 saturated carbocycles. The summed E-state index contributed by atoms with van der Waals surface area (Å²) in [5.74, 6) is 0.0820. The van der Waals surface area contributed by atoms with Gasteiger partial charge < -0.3 is 4.90 Å². The summed E-state index contributed by atoms with van der Waals surface area (Å²) in [6.07, 6.45) is 2.56. The molecule has 1 aliphatic rings. The Morgan fingerprint density at radius 3 is 2.37 bits per heavy atom. The van der Waals surface area contributed by atoms with Gasteiger partial charge in [0.15, 0.2) is 0 Å². The normalized spacial score (nSPS) is 19.5. The quantitative estimate of drug-likeness (QED) is 0.669. The molecule has 0 radical (unpaired) electrons. The van der Waals surface area contributed by atoms with Crippen molar-refractivity contribution >= 4 is 52.1 Å². The lowest BCUT2D eigenvalue weighted by atomic mass is 9.90. The van der Waals surface area contributed by atoms with Gasteiger partial charge in [0.25, 0.3) is 0 Å². The van der Waals surface area contributed by atoms with Gasteiger partial charge in [-0.25, -0.2) is 0 Å². The summed E-state index contributed by atoms with van der Waals surface area (Å²) in [6.45, 7) is 0. The van der Waals surface area contributed by atoms with Crippen molar-refractivity contribution in [2.24, 2.45) is 0 Å². The van der Waals surface area contributed by atoms with Crippen LogP contribution in [0.4, 0.5) is 5.69 Å². The summed E-state index contributed by atoms with van der Waals surface area (Å²) in [4.78, 5) is 1.99. The lowest BCUT2D eigenvalue weighted by molar-refractivity contribution is 0.832. The third kappa shape index (κ3) is 3.05. The number of halogens is 4. The molecule has 1 atom stereocenters. The first-order chi connectivity index (χ1) is 8.91. The highest BCUT2D eigenvalue weighted by Gasteiger charge is 2.23. The highest BCUT2D eigenvalue weighted by molar-refractivity contribution is 6.48. The van der Waals surface area contributed by atoms with Crippen molar-refractivity contribution in [2.75, 3.05) is 19.0 Å². The zero-order valence-corrected chi connectivity index (χ0v) is 13.6. The van der Waals surface area contributed by atoms with Crippen molar-refractivity contribution in [3.63, 3.8) is 0 Å². The summed E-state index contributed by atoms with van der Waals surface area (Å²) >= 11 is 24.6. The first kappa shape index (κ1) is 15.1. The molecule has 19 heavy (non-hydrogen) atoms. The SMILES string of the molecule is CN(C)c1c(Cl)cccc1C1C=C(Cl)C(Cl)=C(Cl)C1. The number of hydrogen-bond donors (Lipinski definition) is 0. The Morgan fingerprint density at radius 2 is 1.79 bits per heavy atom. The van der Waals surface area contributed by atoms with Gasteiger partial charge in [-0.15, -0.1) is 0 Å². The molecule has 0 aliphatic heterocycles. The largest absolute Gasteiger partial charge is 0.376 e. The molecular weight excluding hydrogens is 324 g/mol. The highest BCUT2D eigenvalue weighted by Crippen LogP contribution is 2.43.